The van der Waals surface area contributed by atoms with Crippen LogP contribution in [0.5, 0.6) is 0 Å². The molecule has 2 aliphatic rings. The van der Waals surface area contributed by atoms with E-state index in [1.165, 1.54) is 0 Å². The minimum Gasteiger partial charge on any atom is -0.463 e. The average molecular weight is 454 g/mol. The molecule has 2 rings (SSSR count). The molecule has 1 spiro atoms. The average Bonchev–Trinajstić information content (AvgIpc) is 2.77. The van der Waals surface area contributed by atoms with E-state index in [1.54, 1.807) is 14.0 Å². The molecule has 2 fully saturated rings. The molecule has 32 heavy (non-hydrogen) atoms. The van der Waals surface area contributed by atoms with Crippen molar-refractivity contribution in [1.29, 1.82) is 0 Å². The predicted octanol–water partition coefficient (Wildman–Crippen LogP) is 1.96. The van der Waals surface area contributed by atoms with E-state index in [-0.39, 0.29) is 36.0 Å². The number of likely N-dealkylation sites (N-methyl/N-ethyl adjacent to an activating group) is 3. The molecule has 1 aliphatic heterocycles. The minimum atomic E-state index is -0.748. The molecule has 1 saturated carbocycles. The lowest BCUT2D eigenvalue weighted by Crippen LogP contribution is -2.56. The topological polar surface area (TPSA) is 79.4 Å². The number of amides is 1. The number of carbonyl (C=O) groups excluding carboxylic acids is 3. The van der Waals surface area contributed by atoms with Gasteiger partial charge >= 0.3 is 5.97 Å². The fourth-order valence-electron chi connectivity index (χ4n) is 4.90. The maximum absolute atomic E-state index is 12.6. The fourth-order valence-corrected chi connectivity index (χ4v) is 4.90. The number of hydrogen-bond acceptors (Lipinski definition) is 7. The number of nitrogens with zero attached hydrogens (tertiary/aromatic N) is 3. The lowest BCUT2D eigenvalue weighted by atomic mass is 9.78. The summed E-state index contributed by atoms with van der Waals surface area (Å²) < 4.78 is 11.3. The Bertz CT molecular complexity index is 646. The van der Waals surface area contributed by atoms with E-state index >= 15 is 0 Å². The number of Topliss-reactive ketones (excluding diaryl/α,β-unsaturated/α-hetero) is 1. The van der Waals surface area contributed by atoms with Crippen molar-refractivity contribution in [2.75, 3.05) is 55.0 Å². The largest absolute Gasteiger partial charge is 0.463 e. The third kappa shape index (κ3) is 6.99. The molecule has 2 unspecified atom stereocenters. The molecule has 0 aromatic heterocycles. The van der Waals surface area contributed by atoms with Crippen molar-refractivity contribution in [2.45, 2.75) is 76.0 Å². The van der Waals surface area contributed by atoms with Crippen molar-refractivity contribution in [3.05, 3.63) is 0 Å². The molecule has 1 amide bonds. The van der Waals surface area contributed by atoms with Gasteiger partial charge in [0.15, 0.2) is 0 Å². The summed E-state index contributed by atoms with van der Waals surface area (Å²) in [5.41, 5.74) is -0.267. The summed E-state index contributed by atoms with van der Waals surface area (Å²) in [6.07, 6.45) is 6.27. The number of rotatable bonds is 4. The summed E-state index contributed by atoms with van der Waals surface area (Å²) in [5, 5.41) is 0. The zero-order valence-electron chi connectivity index (χ0n) is 20.9. The Morgan fingerprint density at radius 2 is 1.81 bits per heavy atom. The number of ether oxygens (including phenoxy) is 2. The van der Waals surface area contributed by atoms with Gasteiger partial charge in [0.25, 0.3) is 0 Å². The van der Waals surface area contributed by atoms with E-state index in [2.05, 4.69) is 11.9 Å². The van der Waals surface area contributed by atoms with E-state index in [0.717, 1.165) is 45.1 Å². The molecule has 0 radical (unpaired) electrons. The second-order valence-corrected chi connectivity index (χ2v) is 9.95. The van der Waals surface area contributed by atoms with Crippen LogP contribution in [0.2, 0.25) is 0 Å². The Labute approximate surface area is 193 Å². The summed E-state index contributed by atoms with van der Waals surface area (Å²) in [6, 6.07) is 0.195. The molecule has 0 bridgehead atoms. The summed E-state index contributed by atoms with van der Waals surface area (Å²) in [7, 11) is 9.48. The Balaban J connectivity index is 2.11. The number of cyclic esters (lactones) is 1. The van der Waals surface area contributed by atoms with Crippen LogP contribution in [0.1, 0.15) is 58.3 Å². The Kier molecular flexibility index (Phi) is 10.1. The summed E-state index contributed by atoms with van der Waals surface area (Å²) in [6.45, 7) is 3.21. The lowest BCUT2D eigenvalue weighted by molar-refractivity contribution is -0.156. The van der Waals surface area contributed by atoms with Gasteiger partial charge in [0.05, 0.1) is 18.2 Å². The maximum atomic E-state index is 12.6. The van der Waals surface area contributed by atoms with Crippen molar-refractivity contribution >= 4 is 17.7 Å². The highest BCUT2D eigenvalue weighted by Gasteiger charge is 2.42. The Hall–Kier alpha value is -1.51. The highest BCUT2D eigenvalue weighted by molar-refractivity contribution is 5.98. The van der Waals surface area contributed by atoms with E-state index in [4.69, 9.17) is 9.47 Å². The molecule has 0 aromatic rings. The van der Waals surface area contributed by atoms with Gasteiger partial charge in [-0.2, -0.15) is 0 Å². The third-order valence-corrected chi connectivity index (χ3v) is 7.47. The van der Waals surface area contributed by atoms with Gasteiger partial charge in [0, 0.05) is 26.6 Å². The van der Waals surface area contributed by atoms with E-state index in [9.17, 15) is 14.4 Å². The molecule has 8 heteroatoms. The van der Waals surface area contributed by atoms with Crippen LogP contribution in [0, 0.1) is 5.92 Å². The number of carbonyl (C=O) groups is 3. The van der Waals surface area contributed by atoms with Crippen LogP contribution in [0.25, 0.3) is 0 Å². The van der Waals surface area contributed by atoms with Gasteiger partial charge in [-0.05, 0) is 79.6 Å². The lowest BCUT2D eigenvalue weighted by Gasteiger charge is -2.47. The molecule has 1 saturated heterocycles. The first-order chi connectivity index (χ1) is 15.1. The second-order valence-electron chi connectivity index (χ2n) is 9.95. The molecular weight excluding hydrogens is 410 g/mol. The number of hydrogen-bond donors (Lipinski definition) is 0. The molecule has 184 valence electrons. The summed E-state index contributed by atoms with van der Waals surface area (Å²) >= 11 is 0. The van der Waals surface area contributed by atoms with Crippen LogP contribution < -0.4 is 0 Å². The van der Waals surface area contributed by atoms with Crippen molar-refractivity contribution in [1.82, 2.24) is 14.7 Å². The van der Waals surface area contributed by atoms with Gasteiger partial charge in [-0.25, -0.2) is 0 Å². The first-order valence-corrected chi connectivity index (χ1v) is 11.9. The number of esters is 1. The zero-order chi connectivity index (χ0) is 23.9. The van der Waals surface area contributed by atoms with E-state index < -0.39 is 11.9 Å². The maximum Gasteiger partial charge on any atom is 0.316 e. The zero-order valence-corrected chi connectivity index (χ0v) is 20.9. The Morgan fingerprint density at radius 3 is 2.41 bits per heavy atom. The van der Waals surface area contributed by atoms with E-state index in [0.29, 0.717) is 19.4 Å². The van der Waals surface area contributed by atoms with Gasteiger partial charge in [-0.15, -0.1) is 0 Å². The minimum absolute atomic E-state index is 0.0272. The molecule has 0 N–H and O–H groups in total. The summed E-state index contributed by atoms with van der Waals surface area (Å²) in [5.74, 6) is -1.13. The Morgan fingerprint density at radius 1 is 1.16 bits per heavy atom. The van der Waals surface area contributed by atoms with Crippen LogP contribution in [0.3, 0.4) is 0 Å². The van der Waals surface area contributed by atoms with Crippen LogP contribution in [-0.4, -0.2) is 105 Å². The standard InChI is InChI=1S/C24H43N3O5/c1-18-21(28)10-9-20(31-6)8-7-15-26(4)24(17-32-23(18)30)13-11-19(12-14-24)27(5)22(29)16-25(2)3/h18-20H,7-17H2,1-6H3. The third-order valence-electron chi connectivity index (χ3n) is 7.47. The molecular formula is C24H43N3O5. The fraction of sp³-hybridized carbons (Fsp3) is 0.875. The van der Waals surface area contributed by atoms with Crippen molar-refractivity contribution in [3.63, 3.8) is 0 Å². The van der Waals surface area contributed by atoms with Gasteiger partial charge in [0.2, 0.25) is 5.91 Å². The predicted molar refractivity (Wildman–Crippen MR) is 123 cm³/mol. The normalized spacial score (nSPS) is 31.5. The van der Waals surface area contributed by atoms with Crippen LogP contribution in [-0.2, 0) is 23.9 Å². The van der Waals surface area contributed by atoms with Crippen LogP contribution in [0.15, 0.2) is 0 Å². The molecule has 0 aromatic carbocycles. The highest BCUT2D eigenvalue weighted by Crippen LogP contribution is 2.36. The molecule has 8 nitrogen and oxygen atoms in total. The highest BCUT2D eigenvalue weighted by atomic mass is 16.5. The van der Waals surface area contributed by atoms with Crippen LogP contribution >= 0.6 is 0 Å². The van der Waals surface area contributed by atoms with E-state index in [1.807, 2.05) is 30.9 Å². The monoisotopic (exact) mass is 453 g/mol. The molecule has 2 atom stereocenters. The number of methoxy groups -OCH3 is 1. The van der Waals surface area contributed by atoms with Crippen molar-refractivity contribution < 1.29 is 23.9 Å². The first-order valence-electron chi connectivity index (χ1n) is 11.9. The van der Waals surface area contributed by atoms with Gasteiger partial charge < -0.3 is 19.3 Å². The van der Waals surface area contributed by atoms with Gasteiger partial charge in [-0.3, -0.25) is 19.3 Å². The van der Waals surface area contributed by atoms with Gasteiger partial charge in [-0.1, -0.05) is 0 Å². The molecule has 1 heterocycles. The smallest absolute Gasteiger partial charge is 0.316 e. The first kappa shape index (κ1) is 26.7. The number of ketones is 1. The van der Waals surface area contributed by atoms with Gasteiger partial charge in [0.1, 0.15) is 18.3 Å². The van der Waals surface area contributed by atoms with Crippen molar-refractivity contribution in [2.24, 2.45) is 5.92 Å². The second kappa shape index (κ2) is 12.1. The van der Waals surface area contributed by atoms with Crippen LogP contribution in [0.4, 0.5) is 0 Å². The quantitative estimate of drug-likeness (QED) is 0.476. The summed E-state index contributed by atoms with van der Waals surface area (Å²) in [4.78, 5) is 43.7. The molecule has 1 aliphatic carbocycles. The van der Waals surface area contributed by atoms with Crippen molar-refractivity contribution in [3.8, 4) is 0 Å². The SMILES string of the molecule is COC1CCCN(C)C2(CCC(N(C)C(=O)CN(C)C)CC2)COC(=O)C(C)C(=O)CC1.